The molecule has 0 aliphatic carbocycles. The molecule has 0 bridgehead atoms. The monoisotopic (exact) mass is 352 g/mol. The number of halogens is 2. The normalized spacial score (nSPS) is 22.9. The SMILES string of the molecule is Fc1ccccc1[C@@H]1O[C@H](c2ccccc2F)C[C@H](c2ccccc2)O1. The molecule has 2 nitrogen and oxygen atoms in total. The van der Waals surface area contributed by atoms with E-state index in [-0.39, 0.29) is 11.9 Å². The molecule has 0 spiro atoms. The van der Waals surface area contributed by atoms with E-state index in [9.17, 15) is 8.78 Å². The number of rotatable bonds is 3. The van der Waals surface area contributed by atoms with Gasteiger partial charge in [0.25, 0.3) is 0 Å². The van der Waals surface area contributed by atoms with Gasteiger partial charge in [-0.1, -0.05) is 66.7 Å². The molecule has 1 aliphatic rings. The van der Waals surface area contributed by atoms with Crippen LogP contribution in [0, 0.1) is 11.6 Å². The molecule has 0 unspecified atom stereocenters. The summed E-state index contributed by atoms with van der Waals surface area (Å²) in [5.41, 5.74) is 1.73. The minimum atomic E-state index is -0.903. The maximum atomic E-state index is 14.3. The zero-order valence-corrected chi connectivity index (χ0v) is 14.0. The van der Waals surface area contributed by atoms with Crippen molar-refractivity contribution in [3.05, 3.63) is 107 Å². The minimum absolute atomic E-state index is 0.314. The zero-order valence-electron chi connectivity index (χ0n) is 14.0. The standard InChI is InChI=1S/C22H18F2O2/c23-18-12-6-4-10-16(18)21-14-20(15-8-2-1-3-9-15)25-22(26-21)17-11-5-7-13-19(17)24/h1-13,20-22H,14H2/t20-,21+,22+/m1/s1. The van der Waals surface area contributed by atoms with Gasteiger partial charge in [-0.2, -0.15) is 0 Å². The lowest BCUT2D eigenvalue weighted by Crippen LogP contribution is -2.25. The molecule has 3 atom stereocenters. The van der Waals surface area contributed by atoms with E-state index in [0.29, 0.717) is 17.5 Å². The topological polar surface area (TPSA) is 18.5 Å². The molecule has 3 aromatic rings. The molecule has 4 heteroatoms. The molecule has 0 saturated carbocycles. The van der Waals surface area contributed by atoms with Crippen molar-refractivity contribution < 1.29 is 18.3 Å². The van der Waals surface area contributed by atoms with E-state index in [4.69, 9.17) is 9.47 Å². The summed E-state index contributed by atoms with van der Waals surface area (Å²) in [7, 11) is 0. The van der Waals surface area contributed by atoms with E-state index in [2.05, 4.69) is 0 Å². The lowest BCUT2D eigenvalue weighted by atomic mass is 9.96. The molecule has 0 amide bonds. The fourth-order valence-corrected chi connectivity index (χ4v) is 3.27. The average Bonchev–Trinajstić information content (AvgIpc) is 2.69. The first kappa shape index (κ1) is 16.9. The second-order valence-corrected chi connectivity index (χ2v) is 6.27. The van der Waals surface area contributed by atoms with Crippen LogP contribution in [0.5, 0.6) is 0 Å². The zero-order chi connectivity index (χ0) is 17.9. The van der Waals surface area contributed by atoms with Crippen molar-refractivity contribution in [2.75, 3.05) is 0 Å². The molecule has 26 heavy (non-hydrogen) atoms. The molecule has 0 radical (unpaired) electrons. The van der Waals surface area contributed by atoms with Gasteiger partial charge in [0.2, 0.25) is 0 Å². The van der Waals surface area contributed by atoms with Gasteiger partial charge >= 0.3 is 0 Å². The Bertz CT molecular complexity index is 829. The van der Waals surface area contributed by atoms with Crippen molar-refractivity contribution in [1.29, 1.82) is 0 Å². The Balaban J connectivity index is 1.71. The predicted octanol–water partition coefficient (Wildman–Crippen LogP) is 5.88. The van der Waals surface area contributed by atoms with Crippen molar-refractivity contribution in [1.82, 2.24) is 0 Å². The third-order valence-corrected chi connectivity index (χ3v) is 4.59. The van der Waals surface area contributed by atoms with Gasteiger partial charge in [-0.15, -0.1) is 0 Å². The van der Waals surface area contributed by atoms with Crippen molar-refractivity contribution in [2.45, 2.75) is 24.9 Å². The van der Waals surface area contributed by atoms with Gasteiger partial charge in [-0.25, -0.2) is 8.78 Å². The summed E-state index contributed by atoms with van der Waals surface area (Å²) >= 11 is 0. The van der Waals surface area contributed by atoms with E-state index >= 15 is 0 Å². The summed E-state index contributed by atoms with van der Waals surface area (Å²) in [5.74, 6) is -0.739. The highest BCUT2D eigenvalue weighted by atomic mass is 19.1. The van der Waals surface area contributed by atoms with Crippen LogP contribution in [0.1, 0.15) is 41.6 Å². The van der Waals surface area contributed by atoms with Crippen molar-refractivity contribution >= 4 is 0 Å². The summed E-state index contributed by atoms with van der Waals surface area (Å²) in [6.45, 7) is 0. The van der Waals surface area contributed by atoms with Gasteiger partial charge in [-0.3, -0.25) is 0 Å². The van der Waals surface area contributed by atoms with Crippen LogP contribution in [-0.2, 0) is 9.47 Å². The molecule has 0 N–H and O–H groups in total. The molecule has 0 aromatic heterocycles. The second kappa shape index (κ2) is 7.36. The Kier molecular flexibility index (Phi) is 4.78. The van der Waals surface area contributed by atoms with Crippen LogP contribution in [0.15, 0.2) is 78.9 Å². The number of benzene rings is 3. The Hall–Kier alpha value is -2.56. The fourth-order valence-electron chi connectivity index (χ4n) is 3.27. The maximum absolute atomic E-state index is 14.3. The summed E-state index contributed by atoms with van der Waals surface area (Å²) in [4.78, 5) is 0. The summed E-state index contributed by atoms with van der Waals surface area (Å²) < 4.78 is 40.6. The third-order valence-electron chi connectivity index (χ3n) is 4.59. The first-order valence-electron chi connectivity index (χ1n) is 8.57. The Morgan fingerprint density at radius 1 is 0.615 bits per heavy atom. The Morgan fingerprint density at radius 3 is 1.81 bits per heavy atom. The lowest BCUT2D eigenvalue weighted by molar-refractivity contribution is -0.254. The Morgan fingerprint density at radius 2 is 1.15 bits per heavy atom. The van der Waals surface area contributed by atoms with Crippen LogP contribution in [0.25, 0.3) is 0 Å². The van der Waals surface area contributed by atoms with E-state index in [0.717, 1.165) is 5.56 Å². The predicted molar refractivity (Wildman–Crippen MR) is 94.3 cm³/mol. The number of hydrogen-bond donors (Lipinski definition) is 0. The molecular formula is C22H18F2O2. The van der Waals surface area contributed by atoms with Gasteiger partial charge in [0, 0.05) is 17.5 Å². The van der Waals surface area contributed by atoms with Crippen LogP contribution in [0.3, 0.4) is 0 Å². The smallest absolute Gasteiger partial charge is 0.188 e. The second-order valence-electron chi connectivity index (χ2n) is 6.27. The van der Waals surface area contributed by atoms with Crippen molar-refractivity contribution in [3.63, 3.8) is 0 Å². The van der Waals surface area contributed by atoms with Crippen molar-refractivity contribution in [3.8, 4) is 0 Å². The average molecular weight is 352 g/mol. The van der Waals surface area contributed by atoms with Gasteiger partial charge in [0.15, 0.2) is 6.29 Å². The van der Waals surface area contributed by atoms with Gasteiger partial charge < -0.3 is 9.47 Å². The van der Waals surface area contributed by atoms with Gasteiger partial charge in [0.05, 0.1) is 12.2 Å². The van der Waals surface area contributed by atoms with Gasteiger partial charge in [0.1, 0.15) is 11.6 Å². The highest BCUT2D eigenvalue weighted by Gasteiger charge is 2.35. The fraction of sp³-hybridized carbons (Fsp3) is 0.182. The van der Waals surface area contributed by atoms with E-state index in [1.807, 2.05) is 30.3 Å². The third kappa shape index (κ3) is 3.39. The molecule has 4 rings (SSSR count). The van der Waals surface area contributed by atoms with Crippen molar-refractivity contribution in [2.24, 2.45) is 0 Å². The highest BCUT2D eigenvalue weighted by Crippen LogP contribution is 2.44. The first-order valence-corrected chi connectivity index (χ1v) is 8.57. The van der Waals surface area contributed by atoms with E-state index < -0.39 is 18.2 Å². The quantitative estimate of drug-likeness (QED) is 0.586. The molecule has 1 aliphatic heterocycles. The van der Waals surface area contributed by atoms with Gasteiger partial charge in [-0.05, 0) is 17.7 Å². The summed E-state index contributed by atoms with van der Waals surface area (Å²) in [5, 5.41) is 0. The molecular weight excluding hydrogens is 334 g/mol. The van der Waals surface area contributed by atoms with Crippen LogP contribution in [0.4, 0.5) is 8.78 Å². The first-order chi connectivity index (χ1) is 12.7. The van der Waals surface area contributed by atoms with Crippen LogP contribution in [0.2, 0.25) is 0 Å². The largest absolute Gasteiger partial charge is 0.340 e. The molecule has 1 fully saturated rings. The van der Waals surface area contributed by atoms with E-state index in [1.54, 1.807) is 36.4 Å². The molecule has 132 valence electrons. The van der Waals surface area contributed by atoms with E-state index in [1.165, 1.54) is 12.1 Å². The minimum Gasteiger partial charge on any atom is -0.340 e. The summed E-state index contributed by atoms with van der Waals surface area (Å²) in [6, 6.07) is 22.5. The summed E-state index contributed by atoms with van der Waals surface area (Å²) in [6.07, 6.45) is -1.30. The van der Waals surface area contributed by atoms with Crippen LogP contribution < -0.4 is 0 Å². The maximum Gasteiger partial charge on any atom is 0.188 e. The highest BCUT2D eigenvalue weighted by molar-refractivity contribution is 5.25. The Labute approximate surface area is 151 Å². The number of hydrogen-bond acceptors (Lipinski definition) is 2. The lowest BCUT2D eigenvalue weighted by Gasteiger charge is -2.36. The van der Waals surface area contributed by atoms with Crippen LogP contribution in [-0.4, -0.2) is 0 Å². The molecule has 1 saturated heterocycles. The molecule has 1 heterocycles. The van der Waals surface area contributed by atoms with Crippen LogP contribution >= 0.6 is 0 Å². The molecule has 3 aromatic carbocycles. The number of ether oxygens (including phenoxy) is 2.